The first-order chi connectivity index (χ1) is 16.8. The van der Waals surface area contributed by atoms with Gasteiger partial charge in [0.15, 0.2) is 5.82 Å². The van der Waals surface area contributed by atoms with Crippen LogP contribution in [0.25, 0.3) is 22.9 Å². The Morgan fingerprint density at radius 1 is 1.06 bits per heavy atom. The van der Waals surface area contributed by atoms with Gasteiger partial charge < -0.3 is 9.30 Å². The maximum Gasteiger partial charge on any atom is 0.178 e. The summed E-state index contributed by atoms with van der Waals surface area (Å²) in [4.78, 5) is 14.6. The van der Waals surface area contributed by atoms with Crippen LogP contribution >= 0.6 is 0 Å². The Morgan fingerprint density at radius 3 is 2.51 bits per heavy atom. The number of aromatic nitrogens is 5. The molecule has 2 aromatic heterocycles. The number of imidazole rings is 1. The molecule has 2 aliphatic heterocycles. The number of fused-ring (bicyclic) bond motifs is 3. The smallest absolute Gasteiger partial charge is 0.178 e. The minimum Gasteiger partial charge on any atom is -0.491 e. The van der Waals surface area contributed by atoms with E-state index >= 15 is 0 Å². The molecule has 4 heterocycles. The van der Waals surface area contributed by atoms with Crippen LogP contribution in [-0.4, -0.2) is 72.4 Å². The van der Waals surface area contributed by atoms with Crippen LogP contribution < -0.4 is 4.74 Å². The van der Waals surface area contributed by atoms with E-state index in [9.17, 15) is 0 Å². The molecular weight excluding hydrogens is 438 g/mol. The molecule has 1 unspecified atom stereocenters. The predicted octanol–water partition coefficient (Wildman–Crippen LogP) is 4.43. The van der Waals surface area contributed by atoms with Crippen molar-refractivity contribution in [2.24, 2.45) is 0 Å². The number of piperazine rings is 1. The molecule has 0 aliphatic carbocycles. The second-order valence-corrected chi connectivity index (χ2v) is 10.7. The highest BCUT2D eigenvalue weighted by Gasteiger charge is 2.30. The lowest BCUT2D eigenvalue weighted by atomic mass is 9.99. The van der Waals surface area contributed by atoms with Gasteiger partial charge in [0.2, 0.25) is 0 Å². The van der Waals surface area contributed by atoms with Crippen LogP contribution in [0.15, 0.2) is 43.4 Å². The summed E-state index contributed by atoms with van der Waals surface area (Å²) in [6.07, 6.45) is 5.73. The van der Waals surface area contributed by atoms with Crippen LogP contribution in [0, 0.1) is 0 Å². The molecule has 8 heteroatoms. The fourth-order valence-electron chi connectivity index (χ4n) is 5.17. The number of ether oxygens (including phenoxy) is 1. The molecule has 8 nitrogen and oxygen atoms in total. The molecule has 2 aliphatic rings. The first-order valence-electron chi connectivity index (χ1n) is 12.6. The molecule has 3 aromatic rings. The van der Waals surface area contributed by atoms with Crippen molar-refractivity contribution in [1.29, 1.82) is 0 Å². The quantitative estimate of drug-likeness (QED) is 0.509. The number of hydrogen-bond donors (Lipinski definition) is 0. The van der Waals surface area contributed by atoms with Crippen LogP contribution in [0.3, 0.4) is 0 Å². The highest BCUT2D eigenvalue weighted by molar-refractivity contribution is 5.69. The third-order valence-electron chi connectivity index (χ3n) is 7.12. The van der Waals surface area contributed by atoms with Crippen LogP contribution in [0.5, 0.6) is 5.75 Å². The van der Waals surface area contributed by atoms with E-state index < -0.39 is 0 Å². The first-order valence-corrected chi connectivity index (χ1v) is 12.6. The Balaban J connectivity index is 1.47. The average molecular weight is 476 g/mol. The molecule has 0 bridgehead atoms. The largest absolute Gasteiger partial charge is 0.491 e. The van der Waals surface area contributed by atoms with Crippen LogP contribution in [0.4, 0.5) is 0 Å². The van der Waals surface area contributed by atoms with E-state index in [2.05, 4.69) is 96.1 Å². The molecule has 186 valence electrons. The number of hydrogen-bond acceptors (Lipinski definition) is 6. The van der Waals surface area contributed by atoms with E-state index in [-0.39, 0.29) is 17.6 Å². The normalized spacial score (nSPS) is 18.0. The van der Waals surface area contributed by atoms with Crippen molar-refractivity contribution < 1.29 is 4.74 Å². The summed E-state index contributed by atoms with van der Waals surface area (Å²) in [5, 5.41) is 4.39. The van der Waals surface area contributed by atoms with Crippen LogP contribution in [0.2, 0.25) is 0 Å². The van der Waals surface area contributed by atoms with Crippen LogP contribution in [-0.2, 0) is 6.54 Å². The summed E-state index contributed by atoms with van der Waals surface area (Å²) < 4.78 is 10.2. The third-order valence-corrected chi connectivity index (χ3v) is 7.12. The molecule has 0 N–H and O–H groups in total. The summed E-state index contributed by atoms with van der Waals surface area (Å²) in [5.74, 6) is 2.57. The molecule has 1 atom stereocenters. The minimum absolute atomic E-state index is 0.151. The van der Waals surface area contributed by atoms with Gasteiger partial charge in [-0.05, 0) is 52.3 Å². The Kier molecular flexibility index (Phi) is 6.27. The van der Waals surface area contributed by atoms with Crippen molar-refractivity contribution in [1.82, 2.24) is 34.1 Å². The van der Waals surface area contributed by atoms with Gasteiger partial charge in [0, 0.05) is 44.0 Å². The minimum atomic E-state index is 0.151. The van der Waals surface area contributed by atoms with Gasteiger partial charge in [0.25, 0.3) is 0 Å². The Labute approximate surface area is 208 Å². The molecule has 0 saturated carbocycles. The molecule has 0 spiro atoms. The van der Waals surface area contributed by atoms with E-state index in [0.717, 1.165) is 61.4 Å². The topological polar surface area (TPSA) is 64.2 Å². The summed E-state index contributed by atoms with van der Waals surface area (Å²) in [5.41, 5.74) is 3.27. The number of nitrogens with zero attached hydrogens (tertiary/aromatic N) is 7. The molecule has 35 heavy (non-hydrogen) atoms. The van der Waals surface area contributed by atoms with Crippen molar-refractivity contribution >= 4 is 0 Å². The van der Waals surface area contributed by atoms with E-state index in [1.165, 1.54) is 5.56 Å². The maximum atomic E-state index is 6.11. The van der Waals surface area contributed by atoms with E-state index in [4.69, 9.17) is 9.72 Å². The van der Waals surface area contributed by atoms with E-state index in [1.54, 1.807) is 6.33 Å². The average Bonchev–Trinajstić information content (AvgIpc) is 3.44. The van der Waals surface area contributed by atoms with Gasteiger partial charge in [0.05, 0.1) is 18.2 Å². The monoisotopic (exact) mass is 475 g/mol. The zero-order valence-electron chi connectivity index (χ0n) is 21.6. The van der Waals surface area contributed by atoms with E-state index in [0.29, 0.717) is 6.61 Å². The standard InChI is InChI=1S/C27H37N7O/c1-7-23(31-10-12-33(13-11-31)27(4,5)6)20-8-9-24-21(16-20)25-30-22(17-32(25)14-15-35-24)26-28-18-29-34(26)19(2)3/h7-9,16-19,23H,1,10-15H2,2-6H3. The molecule has 5 rings (SSSR count). The lowest BCUT2D eigenvalue weighted by Gasteiger charge is -2.44. The second-order valence-electron chi connectivity index (χ2n) is 10.7. The first kappa shape index (κ1) is 23.8. The predicted molar refractivity (Wildman–Crippen MR) is 138 cm³/mol. The van der Waals surface area contributed by atoms with Crippen molar-refractivity contribution in [3.8, 4) is 28.7 Å². The lowest BCUT2D eigenvalue weighted by Crippen LogP contribution is -2.53. The molecule has 0 amide bonds. The Hall–Kier alpha value is -2.97. The fourth-order valence-corrected chi connectivity index (χ4v) is 5.17. The van der Waals surface area contributed by atoms with Gasteiger partial charge in [-0.2, -0.15) is 5.10 Å². The fraction of sp³-hybridized carbons (Fsp3) is 0.519. The summed E-state index contributed by atoms with van der Waals surface area (Å²) in [6.45, 7) is 20.8. The van der Waals surface area contributed by atoms with Crippen molar-refractivity contribution in [2.45, 2.75) is 58.8 Å². The van der Waals surface area contributed by atoms with Gasteiger partial charge in [-0.1, -0.05) is 12.1 Å². The number of benzene rings is 1. The molecule has 1 saturated heterocycles. The summed E-state index contributed by atoms with van der Waals surface area (Å²) in [7, 11) is 0. The molecular formula is C27H37N7O. The van der Waals surface area contributed by atoms with Gasteiger partial charge in [-0.3, -0.25) is 9.80 Å². The van der Waals surface area contributed by atoms with Gasteiger partial charge in [0.1, 0.15) is 30.2 Å². The summed E-state index contributed by atoms with van der Waals surface area (Å²) >= 11 is 0. The highest BCUT2D eigenvalue weighted by Crippen LogP contribution is 2.37. The zero-order chi connectivity index (χ0) is 24.7. The highest BCUT2D eigenvalue weighted by atomic mass is 16.5. The zero-order valence-corrected chi connectivity index (χ0v) is 21.6. The Morgan fingerprint density at radius 2 is 1.83 bits per heavy atom. The van der Waals surface area contributed by atoms with Gasteiger partial charge >= 0.3 is 0 Å². The van der Waals surface area contributed by atoms with Gasteiger partial charge in [-0.25, -0.2) is 14.6 Å². The SMILES string of the molecule is C=CC(c1ccc2c(c1)-c1nc(-c3ncnn3C(C)C)cn1CCO2)N1CCN(C(C)(C)C)CC1. The summed E-state index contributed by atoms with van der Waals surface area (Å²) in [6, 6.07) is 6.86. The van der Waals surface area contributed by atoms with Crippen molar-refractivity contribution in [2.75, 3.05) is 32.8 Å². The van der Waals surface area contributed by atoms with Crippen molar-refractivity contribution in [3.05, 3.63) is 48.9 Å². The second kappa shape index (κ2) is 9.24. The maximum absolute atomic E-state index is 6.11. The molecule has 1 fully saturated rings. The van der Waals surface area contributed by atoms with E-state index in [1.807, 2.05) is 4.68 Å². The molecule has 1 aromatic carbocycles. The van der Waals surface area contributed by atoms with Crippen molar-refractivity contribution in [3.63, 3.8) is 0 Å². The lowest BCUT2D eigenvalue weighted by molar-refractivity contribution is 0.0507. The number of rotatable bonds is 5. The van der Waals surface area contributed by atoms with Crippen LogP contribution in [0.1, 0.15) is 52.3 Å². The Bertz CT molecular complexity index is 1190. The van der Waals surface area contributed by atoms with Gasteiger partial charge in [-0.15, -0.1) is 6.58 Å². The molecule has 0 radical (unpaired) electrons. The third kappa shape index (κ3) is 4.52.